The Balaban J connectivity index is 1.41. The van der Waals surface area contributed by atoms with Crippen LogP contribution < -0.4 is 5.32 Å². The second kappa shape index (κ2) is 6.30. The maximum Gasteiger partial charge on any atom is 0.235 e. The molecule has 4 nitrogen and oxygen atoms in total. The molecule has 1 amide bonds. The van der Waals surface area contributed by atoms with Crippen molar-refractivity contribution in [2.45, 2.75) is 18.3 Å². The van der Waals surface area contributed by atoms with Crippen molar-refractivity contribution in [3.63, 3.8) is 0 Å². The van der Waals surface area contributed by atoms with Gasteiger partial charge in [-0.25, -0.2) is 9.37 Å². The van der Waals surface area contributed by atoms with Gasteiger partial charge in [-0.15, -0.1) is 0 Å². The monoisotopic (exact) mass is 371 g/mol. The lowest BCUT2D eigenvalue weighted by molar-refractivity contribution is -0.118. The fourth-order valence-electron chi connectivity index (χ4n) is 3.62. The van der Waals surface area contributed by atoms with E-state index in [-0.39, 0.29) is 11.7 Å². The highest BCUT2D eigenvalue weighted by atomic mass is 19.1. The van der Waals surface area contributed by atoms with Crippen molar-refractivity contribution in [2.24, 2.45) is 0 Å². The van der Waals surface area contributed by atoms with Crippen LogP contribution in [0.5, 0.6) is 0 Å². The van der Waals surface area contributed by atoms with Crippen LogP contribution in [0.1, 0.15) is 18.4 Å². The number of aromatic nitrogens is 2. The number of anilines is 1. The van der Waals surface area contributed by atoms with Gasteiger partial charge in [-0.05, 0) is 54.8 Å². The van der Waals surface area contributed by atoms with E-state index in [4.69, 9.17) is 0 Å². The van der Waals surface area contributed by atoms with Gasteiger partial charge in [0.1, 0.15) is 11.5 Å². The molecule has 4 aromatic rings. The molecule has 0 spiro atoms. The molecule has 1 saturated carbocycles. The van der Waals surface area contributed by atoms with Gasteiger partial charge in [-0.3, -0.25) is 4.79 Å². The van der Waals surface area contributed by atoms with Crippen LogP contribution in [-0.2, 0) is 10.2 Å². The maximum absolute atomic E-state index is 13.2. The van der Waals surface area contributed by atoms with E-state index in [0.29, 0.717) is 0 Å². The van der Waals surface area contributed by atoms with Crippen LogP contribution in [0.25, 0.3) is 16.9 Å². The van der Waals surface area contributed by atoms with E-state index in [1.807, 2.05) is 59.3 Å². The van der Waals surface area contributed by atoms with Gasteiger partial charge in [0.05, 0.1) is 11.1 Å². The Hall–Kier alpha value is -3.47. The molecule has 2 aromatic carbocycles. The van der Waals surface area contributed by atoms with E-state index in [1.165, 1.54) is 12.1 Å². The summed E-state index contributed by atoms with van der Waals surface area (Å²) in [5.74, 6) is -0.341. The summed E-state index contributed by atoms with van der Waals surface area (Å²) < 4.78 is 15.2. The number of carbonyl (C=O) groups excluding carboxylic acids is 1. The minimum absolute atomic E-state index is 0.0498. The number of fused-ring (bicyclic) bond motifs is 1. The van der Waals surface area contributed by atoms with Gasteiger partial charge in [-0.2, -0.15) is 0 Å². The molecule has 1 aliphatic rings. The van der Waals surface area contributed by atoms with E-state index >= 15 is 0 Å². The van der Waals surface area contributed by atoms with Crippen molar-refractivity contribution in [3.8, 4) is 11.3 Å². The van der Waals surface area contributed by atoms with Crippen molar-refractivity contribution >= 4 is 17.2 Å². The van der Waals surface area contributed by atoms with E-state index in [0.717, 1.165) is 41.0 Å². The molecule has 0 unspecified atom stereocenters. The third-order valence-corrected chi connectivity index (χ3v) is 5.36. The molecule has 28 heavy (non-hydrogen) atoms. The van der Waals surface area contributed by atoms with Crippen LogP contribution in [0.2, 0.25) is 0 Å². The fourth-order valence-corrected chi connectivity index (χ4v) is 3.62. The van der Waals surface area contributed by atoms with Crippen LogP contribution >= 0.6 is 0 Å². The number of imidazole rings is 1. The first kappa shape index (κ1) is 16.7. The summed E-state index contributed by atoms with van der Waals surface area (Å²) in [6.45, 7) is 0. The third kappa shape index (κ3) is 2.85. The Bertz CT molecular complexity index is 1140. The predicted octanol–water partition coefficient (Wildman–Crippen LogP) is 4.81. The Morgan fingerprint density at radius 3 is 2.61 bits per heavy atom. The van der Waals surface area contributed by atoms with E-state index in [9.17, 15) is 9.18 Å². The first-order valence-corrected chi connectivity index (χ1v) is 9.26. The number of hydrogen-bond acceptors (Lipinski definition) is 2. The summed E-state index contributed by atoms with van der Waals surface area (Å²) in [6.07, 6.45) is 5.47. The van der Waals surface area contributed by atoms with Crippen LogP contribution in [-0.4, -0.2) is 15.3 Å². The first-order valence-electron chi connectivity index (χ1n) is 9.26. The molecular formula is C23H18FN3O. The molecule has 0 saturated heterocycles. The quantitative estimate of drug-likeness (QED) is 0.560. The SMILES string of the molecule is O=C(Nc1cccc(-c2cn3ccccc3n2)c1)C1(c2ccc(F)cc2)CC1. The highest BCUT2D eigenvalue weighted by molar-refractivity contribution is 6.01. The number of nitrogens with one attached hydrogen (secondary N) is 1. The number of rotatable bonds is 4. The number of nitrogens with zero attached hydrogens (tertiary/aromatic N) is 2. The van der Waals surface area contributed by atoms with Crippen molar-refractivity contribution < 1.29 is 9.18 Å². The average molecular weight is 371 g/mol. The molecule has 0 bridgehead atoms. The van der Waals surface area contributed by atoms with Crippen LogP contribution in [0.3, 0.4) is 0 Å². The van der Waals surface area contributed by atoms with Crippen LogP contribution in [0, 0.1) is 5.82 Å². The second-order valence-electron chi connectivity index (χ2n) is 7.22. The molecule has 5 heteroatoms. The van der Waals surface area contributed by atoms with Crippen LogP contribution in [0.15, 0.2) is 79.1 Å². The minimum Gasteiger partial charge on any atom is -0.325 e. The number of hydrogen-bond donors (Lipinski definition) is 1. The molecule has 0 radical (unpaired) electrons. The summed E-state index contributed by atoms with van der Waals surface area (Å²) in [4.78, 5) is 17.6. The molecule has 5 rings (SSSR count). The van der Waals surface area contributed by atoms with Gasteiger partial charge in [0.25, 0.3) is 0 Å². The van der Waals surface area contributed by atoms with Crippen molar-refractivity contribution in [1.29, 1.82) is 0 Å². The topological polar surface area (TPSA) is 46.4 Å². The van der Waals surface area contributed by atoms with E-state index < -0.39 is 5.41 Å². The molecule has 0 atom stereocenters. The molecule has 1 N–H and O–H groups in total. The number of carbonyl (C=O) groups is 1. The minimum atomic E-state index is -0.549. The summed E-state index contributed by atoms with van der Waals surface area (Å²) in [6, 6.07) is 19.8. The lowest BCUT2D eigenvalue weighted by Crippen LogP contribution is -2.27. The number of amides is 1. The Morgan fingerprint density at radius 1 is 1.04 bits per heavy atom. The summed E-state index contributed by atoms with van der Waals surface area (Å²) in [5, 5.41) is 3.03. The molecular weight excluding hydrogens is 353 g/mol. The zero-order chi connectivity index (χ0) is 19.1. The molecule has 2 aromatic heterocycles. The smallest absolute Gasteiger partial charge is 0.235 e. The Labute approximate surface area is 161 Å². The standard InChI is InChI=1S/C23H18FN3O/c24-18-9-7-17(8-10-18)23(11-12-23)22(28)25-19-5-3-4-16(14-19)20-15-27-13-2-1-6-21(27)26-20/h1-10,13-15H,11-12H2,(H,25,28). The molecule has 0 aliphatic heterocycles. The highest BCUT2D eigenvalue weighted by Gasteiger charge is 2.51. The van der Waals surface area contributed by atoms with Crippen molar-refractivity contribution in [1.82, 2.24) is 9.38 Å². The predicted molar refractivity (Wildman–Crippen MR) is 107 cm³/mol. The summed E-state index contributed by atoms with van der Waals surface area (Å²) in [5.41, 5.74) is 3.71. The highest BCUT2D eigenvalue weighted by Crippen LogP contribution is 2.49. The van der Waals surface area contributed by atoms with Gasteiger partial charge < -0.3 is 9.72 Å². The number of benzene rings is 2. The zero-order valence-corrected chi connectivity index (χ0v) is 15.1. The van der Waals surface area contributed by atoms with Gasteiger partial charge in [-0.1, -0.05) is 30.3 Å². The van der Waals surface area contributed by atoms with Gasteiger partial charge in [0.15, 0.2) is 0 Å². The molecule has 2 heterocycles. The zero-order valence-electron chi connectivity index (χ0n) is 15.1. The Kier molecular flexibility index (Phi) is 3.76. The largest absolute Gasteiger partial charge is 0.325 e. The second-order valence-corrected chi connectivity index (χ2v) is 7.22. The number of pyridine rings is 1. The van der Waals surface area contributed by atoms with Crippen molar-refractivity contribution in [2.75, 3.05) is 5.32 Å². The van der Waals surface area contributed by atoms with Gasteiger partial charge in [0, 0.05) is 23.6 Å². The summed E-state index contributed by atoms with van der Waals surface area (Å²) >= 11 is 0. The van der Waals surface area contributed by atoms with E-state index in [2.05, 4.69) is 10.3 Å². The molecule has 1 aliphatic carbocycles. The lowest BCUT2D eigenvalue weighted by atomic mass is 9.95. The fraction of sp³-hybridized carbons (Fsp3) is 0.130. The van der Waals surface area contributed by atoms with Gasteiger partial charge >= 0.3 is 0 Å². The molecule has 1 fully saturated rings. The van der Waals surface area contributed by atoms with Crippen molar-refractivity contribution in [3.05, 3.63) is 90.5 Å². The third-order valence-electron chi connectivity index (χ3n) is 5.36. The number of halogens is 1. The normalized spacial score (nSPS) is 14.8. The lowest BCUT2D eigenvalue weighted by Gasteiger charge is -2.16. The van der Waals surface area contributed by atoms with Crippen LogP contribution in [0.4, 0.5) is 10.1 Å². The van der Waals surface area contributed by atoms with Gasteiger partial charge in [0.2, 0.25) is 5.91 Å². The molecule has 138 valence electrons. The average Bonchev–Trinajstić information content (AvgIpc) is 3.41. The first-order chi connectivity index (χ1) is 13.6. The summed E-state index contributed by atoms with van der Waals surface area (Å²) in [7, 11) is 0. The maximum atomic E-state index is 13.2. The Morgan fingerprint density at radius 2 is 1.86 bits per heavy atom. The van der Waals surface area contributed by atoms with E-state index in [1.54, 1.807) is 12.1 Å².